The summed E-state index contributed by atoms with van der Waals surface area (Å²) in [5.74, 6) is 0.251. The van der Waals surface area contributed by atoms with E-state index in [1.54, 1.807) is 6.92 Å². The van der Waals surface area contributed by atoms with E-state index in [9.17, 15) is 15.0 Å². The molecule has 1 aliphatic heterocycles. The smallest absolute Gasteiger partial charge is 0.321 e. The molecule has 0 spiro atoms. The van der Waals surface area contributed by atoms with E-state index in [0.717, 1.165) is 13.0 Å². The number of rotatable bonds is 4. The van der Waals surface area contributed by atoms with E-state index >= 15 is 0 Å². The average Bonchev–Trinajstić information content (AvgIpc) is 2.71. The van der Waals surface area contributed by atoms with Crippen LogP contribution in [-0.4, -0.2) is 46.3 Å². The zero-order chi connectivity index (χ0) is 11.7. The summed E-state index contributed by atoms with van der Waals surface area (Å²) >= 11 is 0. The quantitative estimate of drug-likeness (QED) is 0.750. The molecule has 1 aliphatic carbocycles. The number of aliphatic hydroxyl groups is 1. The fraction of sp³-hybridized carbons (Fsp3) is 0.917. The third-order valence-corrected chi connectivity index (χ3v) is 4.07. The zero-order valence-corrected chi connectivity index (χ0v) is 9.80. The number of carboxylic acid groups (broad SMARTS) is 1. The summed E-state index contributed by atoms with van der Waals surface area (Å²) in [5.41, 5.74) is 0. The molecule has 4 nitrogen and oxygen atoms in total. The number of hydrogen-bond acceptors (Lipinski definition) is 3. The van der Waals surface area contributed by atoms with Gasteiger partial charge in [-0.1, -0.05) is 6.42 Å². The molecule has 4 atom stereocenters. The van der Waals surface area contributed by atoms with E-state index in [-0.39, 0.29) is 12.1 Å². The number of nitrogens with zero attached hydrogens (tertiary/aromatic N) is 1. The molecule has 0 aromatic carbocycles. The lowest BCUT2D eigenvalue weighted by Crippen LogP contribution is -2.40. The van der Waals surface area contributed by atoms with Crippen molar-refractivity contribution in [2.24, 2.45) is 11.8 Å². The number of fused-ring (bicyclic) bond motifs is 1. The Bertz CT molecular complexity index is 267. The van der Waals surface area contributed by atoms with Gasteiger partial charge in [-0.05, 0) is 38.0 Å². The predicted octanol–water partition coefficient (Wildman–Crippen LogP) is 0.942. The minimum atomic E-state index is -0.681. The monoisotopic (exact) mass is 227 g/mol. The molecule has 16 heavy (non-hydrogen) atoms. The Hall–Kier alpha value is -0.610. The van der Waals surface area contributed by atoms with Gasteiger partial charge in [0.05, 0.1) is 6.10 Å². The molecular formula is C12H21NO3. The van der Waals surface area contributed by atoms with E-state index in [0.29, 0.717) is 24.8 Å². The number of aliphatic hydroxyl groups excluding tert-OH is 1. The van der Waals surface area contributed by atoms with Crippen LogP contribution in [0.4, 0.5) is 0 Å². The third kappa shape index (κ3) is 2.23. The standard InChI is InChI=1S/C12H21NO3/c1-8(14)5-6-13-7-9-3-2-4-10(9)11(13)12(15)16/h8-11,14H,2-7H2,1H3,(H,15,16). The van der Waals surface area contributed by atoms with Crippen molar-refractivity contribution >= 4 is 5.97 Å². The summed E-state index contributed by atoms with van der Waals surface area (Å²) in [4.78, 5) is 13.4. The molecular weight excluding hydrogens is 206 g/mol. The summed E-state index contributed by atoms with van der Waals surface area (Å²) in [6.07, 6.45) is 3.76. The maximum absolute atomic E-state index is 11.3. The number of carbonyl (C=O) groups is 1. The van der Waals surface area contributed by atoms with Gasteiger partial charge in [-0.15, -0.1) is 0 Å². The fourth-order valence-electron chi connectivity index (χ4n) is 3.32. The van der Waals surface area contributed by atoms with Gasteiger partial charge in [-0.25, -0.2) is 0 Å². The van der Waals surface area contributed by atoms with Crippen LogP contribution in [0.2, 0.25) is 0 Å². The molecule has 1 heterocycles. The minimum Gasteiger partial charge on any atom is -0.480 e. The van der Waals surface area contributed by atoms with Crippen molar-refractivity contribution in [3.8, 4) is 0 Å². The summed E-state index contributed by atoms with van der Waals surface area (Å²) in [7, 11) is 0. The van der Waals surface area contributed by atoms with E-state index in [4.69, 9.17) is 0 Å². The fourth-order valence-corrected chi connectivity index (χ4v) is 3.32. The third-order valence-electron chi connectivity index (χ3n) is 4.07. The second-order valence-corrected chi connectivity index (χ2v) is 5.27. The van der Waals surface area contributed by atoms with Gasteiger partial charge in [-0.2, -0.15) is 0 Å². The van der Waals surface area contributed by atoms with E-state index in [1.165, 1.54) is 12.8 Å². The molecule has 0 amide bonds. The normalized spacial score (nSPS) is 36.2. The van der Waals surface area contributed by atoms with Crippen molar-refractivity contribution < 1.29 is 15.0 Å². The van der Waals surface area contributed by atoms with Crippen molar-refractivity contribution in [3.63, 3.8) is 0 Å². The molecule has 0 bridgehead atoms. The second kappa shape index (κ2) is 4.72. The van der Waals surface area contributed by atoms with Crippen LogP contribution in [0.15, 0.2) is 0 Å². The first kappa shape index (κ1) is 11.9. The van der Waals surface area contributed by atoms with Gasteiger partial charge in [0.25, 0.3) is 0 Å². The molecule has 2 N–H and O–H groups in total. The first-order chi connectivity index (χ1) is 7.59. The maximum atomic E-state index is 11.3. The van der Waals surface area contributed by atoms with Gasteiger partial charge in [0.2, 0.25) is 0 Å². The van der Waals surface area contributed by atoms with Crippen LogP contribution in [0.3, 0.4) is 0 Å². The van der Waals surface area contributed by atoms with Gasteiger partial charge in [0, 0.05) is 13.1 Å². The second-order valence-electron chi connectivity index (χ2n) is 5.27. The van der Waals surface area contributed by atoms with Crippen molar-refractivity contribution in [1.29, 1.82) is 0 Å². The Balaban J connectivity index is 1.99. The van der Waals surface area contributed by atoms with Crippen LogP contribution in [0.5, 0.6) is 0 Å². The summed E-state index contributed by atoms with van der Waals surface area (Å²) in [5, 5.41) is 18.6. The molecule has 2 aliphatic rings. The molecule has 0 aromatic rings. The highest BCUT2D eigenvalue weighted by molar-refractivity contribution is 5.74. The zero-order valence-electron chi connectivity index (χ0n) is 9.80. The summed E-state index contributed by atoms with van der Waals surface area (Å²) in [6.45, 7) is 3.38. The van der Waals surface area contributed by atoms with Crippen molar-refractivity contribution in [2.45, 2.75) is 44.8 Å². The van der Waals surface area contributed by atoms with Gasteiger partial charge in [-0.3, -0.25) is 9.69 Å². The molecule has 2 rings (SSSR count). The van der Waals surface area contributed by atoms with Gasteiger partial charge >= 0.3 is 5.97 Å². The number of likely N-dealkylation sites (tertiary alicyclic amines) is 1. The Morgan fingerprint density at radius 3 is 2.88 bits per heavy atom. The molecule has 92 valence electrons. The molecule has 4 heteroatoms. The van der Waals surface area contributed by atoms with E-state index < -0.39 is 5.97 Å². The van der Waals surface area contributed by atoms with Gasteiger partial charge < -0.3 is 10.2 Å². The number of aliphatic carboxylic acids is 1. The van der Waals surface area contributed by atoms with Crippen LogP contribution >= 0.6 is 0 Å². The van der Waals surface area contributed by atoms with E-state index in [1.807, 2.05) is 0 Å². The highest BCUT2D eigenvalue weighted by Crippen LogP contribution is 2.42. The molecule has 0 aromatic heterocycles. The highest BCUT2D eigenvalue weighted by atomic mass is 16.4. The van der Waals surface area contributed by atoms with Crippen molar-refractivity contribution in [3.05, 3.63) is 0 Å². The Morgan fingerprint density at radius 2 is 2.25 bits per heavy atom. The predicted molar refractivity (Wildman–Crippen MR) is 60.1 cm³/mol. The largest absolute Gasteiger partial charge is 0.480 e. The minimum absolute atomic E-state index is 0.300. The molecule has 4 unspecified atom stereocenters. The maximum Gasteiger partial charge on any atom is 0.321 e. The first-order valence-corrected chi connectivity index (χ1v) is 6.24. The first-order valence-electron chi connectivity index (χ1n) is 6.24. The van der Waals surface area contributed by atoms with Crippen molar-refractivity contribution in [1.82, 2.24) is 4.90 Å². The number of hydrogen-bond donors (Lipinski definition) is 2. The highest BCUT2D eigenvalue weighted by Gasteiger charge is 2.47. The van der Waals surface area contributed by atoms with Crippen molar-refractivity contribution in [2.75, 3.05) is 13.1 Å². The van der Waals surface area contributed by atoms with Crippen LogP contribution in [0.1, 0.15) is 32.6 Å². The van der Waals surface area contributed by atoms with Crippen LogP contribution in [0.25, 0.3) is 0 Å². The van der Waals surface area contributed by atoms with Crippen LogP contribution < -0.4 is 0 Å². The lowest BCUT2D eigenvalue weighted by Gasteiger charge is -2.24. The molecule has 1 saturated heterocycles. The summed E-state index contributed by atoms with van der Waals surface area (Å²) in [6, 6.07) is -0.300. The summed E-state index contributed by atoms with van der Waals surface area (Å²) < 4.78 is 0. The Morgan fingerprint density at radius 1 is 1.50 bits per heavy atom. The van der Waals surface area contributed by atoms with Gasteiger partial charge in [0.15, 0.2) is 0 Å². The lowest BCUT2D eigenvalue weighted by molar-refractivity contribution is -0.143. The Kier molecular flexibility index (Phi) is 3.50. The molecule has 1 saturated carbocycles. The SMILES string of the molecule is CC(O)CCN1CC2CCCC2C1C(=O)O. The number of carboxylic acids is 1. The van der Waals surface area contributed by atoms with E-state index in [2.05, 4.69) is 4.90 Å². The average molecular weight is 227 g/mol. The van der Waals surface area contributed by atoms with Crippen LogP contribution in [-0.2, 0) is 4.79 Å². The Labute approximate surface area is 96.3 Å². The topological polar surface area (TPSA) is 60.8 Å². The lowest BCUT2D eigenvalue weighted by atomic mass is 9.94. The molecule has 2 fully saturated rings. The van der Waals surface area contributed by atoms with Crippen LogP contribution in [0, 0.1) is 11.8 Å². The molecule has 0 radical (unpaired) electrons. The van der Waals surface area contributed by atoms with Gasteiger partial charge in [0.1, 0.15) is 6.04 Å².